The Kier molecular flexibility index (Phi) is 5.11. The molecule has 0 radical (unpaired) electrons. The summed E-state index contributed by atoms with van der Waals surface area (Å²) in [5.41, 5.74) is 6.81. The van der Waals surface area contributed by atoms with Crippen LogP contribution in [0.5, 0.6) is 0 Å². The first-order valence-corrected chi connectivity index (χ1v) is 5.85. The van der Waals surface area contributed by atoms with Gasteiger partial charge in [-0.05, 0) is 30.7 Å². The van der Waals surface area contributed by atoms with Gasteiger partial charge in [0.25, 0.3) is 0 Å². The number of carbonyl (C=O) groups is 2. The quantitative estimate of drug-likeness (QED) is 0.768. The lowest BCUT2D eigenvalue weighted by molar-refractivity contribution is -0.123. The normalized spacial score (nSPS) is 9.82. The predicted molar refractivity (Wildman–Crippen MR) is 69.6 cm³/mol. The Morgan fingerprint density at radius 1 is 1.35 bits per heavy atom. The van der Waals surface area contributed by atoms with E-state index in [1.54, 1.807) is 6.07 Å². The van der Waals surface area contributed by atoms with Crippen molar-refractivity contribution in [2.45, 2.75) is 6.92 Å². The van der Waals surface area contributed by atoms with E-state index in [0.717, 1.165) is 10.0 Å². The zero-order valence-corrected chi connectivity index (χ0v) is 11.0. The van der Waals surface area contributed by atoms with E-state index in [-0.39, 0.29) is 24.9 Å². The molecule has 1 aromatic rings. The van der Waals surface area contributed by atoms with Gasteiger partial charge in [0.1, 0.15) is 0 Å². The van der Waals surface area contributed by atoms with Gasteiger partial charge in [0, 0.05) is 10.2 Å². The monoisotopic (exact) mass is 299 g/mol. The number of nitrogens with two attached hydrogens (primary N) is 1. The van der Waals surface area contributed by atoms with Crippen molar-refractivity contribution in [2.75, 3.05) is 18.4 Å². The van der Waals surface area contributed by atoms with Gasteiger partial charge >= 0.3 is 0 Å². The van der Waals surface area contributed by atoms with Gasteiger partial charge in [-0.15, -0.1) is 0 Å². The van der Waals surface area contributed by atoms with Crippen LogP contribution in [0.3, 0.4) is 0 Å². The maximum absolute atomic E-state index is 11.5. The summed E-state index contributed by atoms with van der Waals surface area (Å²) in [6.45, 7) is 1.73. The molecule has 0 aromatic heterocycles. The smallest absolute Gasteiger partial charge is 0.243 e. The summed E-state index contributed by atoms with van der Waals surface area (Å²) in [5.74, 6) is -0.638. The number of hydrogen-bond donors (Lipinski definition) is 3. The van der Waals surface area contributed by atoms with E-state index in [2.05, 4.69) is 26.6 Å². The van der Waals surface area contributed by atoms with Gasteiger partial charge in [0.2, 0.25) is 11.8 Å². The van der Waals surface area contributed by atoms with Crippen LogP contribution in [0.1, 0.15) is 5.56 Å². The number of benzene rings is 1. The Labute approximate surface area is 108 Å². The summed E-state index contributed by atoms with van der Waals surface area (Å²) in [5, 5.41) is 5.07. The van der Waals surface area contributed by atoms with Crippen molar-refractivity contribution in [1.29, 1.82) is 0 Å². The highest BCUT2D eigenvalue weighted by Gasteiger charge is 2.05. The number of halogens is 1. The van der Waals surface area contributed by atoms with Crippen LogP contribution in [-0.2, 0) is 9.59 Å². The molecule has 0 aliphatic carbocycles. The summed E-state index contributed by atoms with van der Waals surface area (Å²) in [6.07, 6.45) is 0. The van der Waals surface area contributed by atoms with Gasteiger partial charge in [0.15, 0.2) is 0 Å². The van der Waals surface area contributed by atoms with Gasteiger partial charge in [-0.1, -0.05) is 15.9 Å². The average Bonchev–Trinajstić information content (AvgIpc) is 2.31. The first-order valence-electron chi connectivity index (χ1n) is 5.05. The molecule has 0 unspecified atom stereocenters. The summed E-state index contributed by atoms with van der Waals surface area (Å²) < 4.78 is 0.979. The van der Waals surface area contributed by atoms with Gasteiger partial charge in [-0.25, -0.2) is 0 Å². The maximum atomic E-state index is 11.5. The number of hydrogen-bond acceptors (Lipinski definition) is 3. The summed E-state index contributed by atoms with van der Waals surface area (Å²) in [4.78, 5) is 22.3. The molecule has 0 atom stereocenters. The fourth-order valence-corrected chi connectivity index (χ4v) is 1.43. The molecule has 0 saturated heterocycles. The van der Waals surface area contributed by atoms with E-state index >= 15 is 0 Å². The van der Waals surface area contributed by atoms with Crippen LogP contribution in [-0.4, -0.2) is 24.9 Å². The fraction of sp³-hybridized carbons (Fsp3) is 0.273. The highest BCUT2D eigenvalue weighted by Crippen LogP contribution is 2.19. The van der Waals surface area contributed by atoms with Crippen LogP contribution < -0.4 is 16.4 Å². The molecule has 1 rings (SSSR count). The van der Waals surface area contributed by atoms with E-state index in [4.69, 9.17) is 5.73 Å². The molecule has 0 bridgehead atoms. The second-order valence-electron chi connectivity index (χ2n) is 3.49. The second kappa shape index (κ2) is 6.36. The average molecular weight is 300 g/mol. The molecule has 6 heteroatoms. The molecule has 0 aliphatic heterocycles. The van der Waals surface area contributed by atoms with Crippen LogP contribution in [0.25, 0.3) is 0 Å². The Hall–Kier alpha value is -1.40. The van der Waals surface area contributed by atoms with Gasteiger partial charge in [-0.2, -0.15) is 0 Å². The van der Waals surface area contributed by atoms with Crippen molar-refractivity contribution >= 4 is 33.4 Å². The standard InChI is InChI=1S/C11H14BrN3O2/c1-7-4-8(2-3-9(7)12)15-11(17)6-14-10(16)5-13/h2-4H,5-6,13H2,1H3,(H,14,16)(H,15,17). The minimum absolute atomic E-state index is 0.0782. The summed E-state index contributed by atoms with van der Waals surface area (Å²) >= 11 is 3.37. The van der Waals surface area contributed by atoms with Crippen LogP contribution in [0, 0.1) is 6.92 Å². The number of aryl methyl sites for hydroxylation is 1. The predicted octanol–water partition coefficient (Wildman–Crippen LogP) is 0.771. The van der Waals surface area contributed by atoms with Crippen molar-refractivity contribution < 1.29 is 9.59 Å². The minimum Gasteiger partial charge on any atom is -0.346 e. The maximum Gasteiger partial charge on any atom is 0.243 e. The molecule has 92 valence electrons. The lowest BCUT2D eigenvalue weighted by Crippen LogP contribution is -2.36. The van der Waals surface area contributed by atoms with E-state index in [0.29, 0.717) is 5.69 Å². The lowest BCUT2D eigenvalue weighted by Gasteiger charge is -2.07. The van der Waals surface area contributed by atoms with Crippen LogP contribution in [0.15, 0.2) is 22.7 Å². The third kappa shape index (κ3) is 4.54. The summed E-state index contributed by atoms with van der Waals surface area (Å²) in [7, 11) is 0. The van der Waals surface area contributed by atoms with Crippen LogP contribution >= 0.6 is 15.9 Å². The Balaban J connectivity index is 2.50. The number of nitrogens with one attached hydrogen (secondary N) is 2. The van der Waals surface area contributed by atoms with Gasteiger partial charge in [0.05, 0.1) is 13.1 Å². The van der Waals surface area contributed by atoms with Crippen LogP contribution in [0.2, 0.25) is 0 Å². The molecular weight excluding hydrogens is 286 g/mol. The number of rotatable bonds is 4. The van der Waals surface area contributed by atoms with Crippen molar-refractivity contribution in [2.24, 2.45) is 5.73 Å². The lowest BCUT2D eigenvalue weighted by atomic mass is 10.2. The Morgan fingerprint density at radius 2 is 2.06 bits per heavy atom. The Morgan fingerprint density at radius 3 is 2.65 bits per heavy atom. The summed E-state index contributed by atoms with van der Waals surface area (Å²) in [6, 6.07) is 5.47. The van der Waals surface area contributed by atoms with Crippen molar-refractivity contribution in [1.82, 2.24) is 5.32 Å². The van der Waals surface area contributed by atoms with E-state index in [1.165, 1.54) is 0 Å². The fourth-order valence-electron chi connectivity index (χ4n) is 1.18. The highest BCUT2D eigenvalue weighted by molar-refractivity contribution is 9.10. The SMILES string of the molecule is Cc1cc(NC(=O)CNC(=O)CN)ccc1Br. The number of carbonyl (C=O) groups excluding carboxylic acids is 2. The molecule has 1 aromatic carbocycles. The van der Waals surface area contributed by atoms with Crippen LogP contribution in [0.4, 0.5) is 5.69 Å². The van der Waals surface area contributed by atoms with E-state index < -0.39 is 0 Å². The number of amides is 2. The Bertz CT molecular complexity index is 435. The second-order valence-corrected chi connectivity index (χ2v) is 4.35. The zero-order valence-electron chi connectivity index (χ0n) is 9.42. The number of anilines is 1. The molecule has 5 nitrogen and oxygen atoms in total. The molecule has 0 fully saturated rings. The third-order valence-corrected chi connectivity index (χ3v) is 2.96. The molecule has 0 heterocycles. The molecule has 0 spiro atoms. The largest absolute Gasteiger partial charge is 0.346 e. The molecule has 0 saturated carbocycles. The highest BCUT2D eigenvalue weighted by atomic mass is 79.9. The van der Waals surface area contributed by atoms with Gasteiger partial charge < -0.3 is 16.4 Å². The van der Waals surface area contributed by atoms with Crippen molar-refractivity contribution in [3.05, 3.63) is 28.2 Å². The molecule has 2 amide bonds. The van der Waals surface area contributed by atoms with E-state index in [9.17, 15) is 9.59 Å². The zero-order chi connectivity index (χ0) is 12.8. The first-order chi connectivity index (χ1) is 8.02. The minimum atomic E-state index is -0.355. The van der Waals surface area contributed by atoms with Crippen molar-refractivity contribution in [3.8, 4) is 0 Å². The van der Waals surface area contributed by atoms with Gasteiger partial charge in [-0.3, -0.25) is 9.59 Å². The molecule has 4 N–H and O–H groups in total. The van der Waals surface area contributed by atoms with E-state index in [1.807, 2.05) is 19.1 Å². The third-order valence-electron chi connectivity index (χ3n) is 2.07. The molecule has 0 aliphatic rings. The molecule has 17 heavy (non-hydrogen) atoms. The topological polar surface area (TPSA) is 84.2 Å². The molecular formula is C11H14BrN3O2. The van der Waals surface area contributed by atoms with Crippen molar-refractivity contribution in [3.63, 3.8) is 0 Å². The first kappa shape index (κ1) is 13.7.